The number of aromatic nitrogens is 2. The number of H-pyrrole nitrogens is 1. The van der Waals surface area contributed by atoms with E-state index in [0.717, 1.165) is 6.92 Å². The van der Waals surface area contributed by atoms with Crippen molar-refractivity contribution in [3.05, 3.63) is 27.1 Å². The zero-order valence-electron chi connectivity index (χ0n) is 15.0. The Labute approximate surface area is 175 Å². The highest BCUT2D eigenvalue weighted by Gasteiger charge is 2.56. The summed E-state index contributed by atoms with van der Waals surface area (Å²) in [4.78, 5) is 48.5. The van der Waals surface area contributed by atoms with Crippen molar-refractivity contribution < 1.29 is 65.0 Å². The van der Waals surface area contributed by atoms with Crippen LogP contribution in [0.4, 0.5) is 8.78 Å². The van der Waals surface area contributed by atoms with E-state index < -0.39 is 70.3 Å². The fourth-order valence-electron chi connectivity index (χ4n) is 2.46. The average molecular weight is 534 g/mol. The Morgan fingerprint density at radius 3 is 2.39 bits per heavy atom. The highest BCUT2D eigenvalue weighted by atomic mass is 32.1. The third kappa shape index (κ3) is 6.65. The number of phosphoric ester groups is 1. The van der Waals surface area contributed by atoms with Crippen molar-refractivity contribution >= 4 is 35.7 Å². The van der Waals surface area contributed by atoms with Gasteiger partial charge in [0.25, 0.3) is 5.56 Å². The third-order valence-corrected chi connectivity index (χ3v) is 7.83. The first-order valence-corrected chi connectivity index (χ1v) is 12.6. The van der Waals surface area contributed by atoms with Gasteiger partial charge >= 0.3 is 23.5 Å². The quantitative estimate of drug-likeness (QED) is 0.196. The van der Waals surface area contributed by atoms with Crippen LogP contribution in [-0.2, 0) is 31.6 Å². The molecule has 178 valence electrons. The van der Waals surface area contributed by atoms with Gasteiger partial charge < -0.3 is 29.4 Å². The Morgan fingerprint density at radius 1 is 1.26 bits per heavy atom. The fraction of sp³-hybridized carbons (Fsp3) is 0.600. The minimum atomic E-state index is -5.79. The summed E-state index contributed by atoms with van der Waals surface area (Å²) in [6, 6.07) is 0. The van der Waals surface area contributed by atoms with Crippen molar-refractivity contribution in [2.45, 2.75) is 31.0 Å². The van der Waals surface area contributed by atoms with Crippen LogP contribution in [0.1, 0.15) is 13.2 Å². The number of nitrogens with one attached hydrogen (secondary N) is 1. The highest BCUT2D eigenvalue weighted by Crippen LogP contribution is 2.66. The van der Waals surface area contributed by atoms with Crippen molar-refractivity contribution in [1.82, 2.24) is 9.55 Å². The van der Waals surface area contributed by atoms with E-state index in [2.05, 4.69) is 13.1 Å². The monoisotopic (exact) mass is 534 g/mol. The molecule has 2 heterocycles. The molecule has 3 unspecified atom stereocenters. The summed E-state index contributed by atoms with van der Waals surface area (Å²) in [5.41, 5.74) is -3.92. The van der Waals surface area contributed by atoms with Gasteiger partial charge in [-0.3, -0.25) is 18.9 Å². The SMILES string of the molecule is CC1(F)[C@@H](O)[C@@H](COP(=O)(O)OP(=O)(O)OP(=O)(O)O)O[C@H]1n1cc(F)c(=O)[nH]c1=S. The van der Waals surface area contributed by atoms with E-state index in [1.807, 2.05) is 4.98 Å². The Morgan fingerprint density at radius 2 is 1.84 bits per heavy atom. The molecular weight excluding hydrogens is 519 g/mol. The maximum Gasteiger partial charge on any atom is 0.490 e. The molecule has 0 amide bonds. The van der Waals surface area contributed by atoms with Gasteiger partial charge in [-0.25, -0.2) is 18.1 Å². The molecule has 1 aliphatic rings. The van der Waals surface area contributed by atoms with Crippen LogP contribution < -0.4 is 5.56 Å². The first-order valence-electron chi connectivity index (χ1n) is 7.66. The molecule has 0 saturated carbocycles. The Kier molecular flexibility index (Phi) is 7.63. The van der Waals surface area contributed by atoms with Gasteiger partial charge in [-0.05, 0) is 19.1 Å². The molecule has 6 atom stereocenters. The van der Waals surface area contributed by atoms with Crippen LogP contribution in [0, 0.1) is 10.6 Å². The van der Waals surface area contributed by atoms with E-state index in [-0.39, 0.29) is 0 Å². The van der Waals surface area contributed by atoms with Crippen molar-refractivity contribution in [3.63, 3.8) is 0 Å². The van der Waals surface area contributed by atoms with Gasteiger partial charge in [-0.1, -0.05) is 0 Å². The number of halogens is 2. The number of aliphatic hydroxyl groups excluding tert-OH is 1. The lowest BCUT2D eigenvalue weighted by molar-refractivity contribution is -0.0599. The molecule has 0 radical (unpaired) electrons. The Hall–Kier alpha value is -0.710. The predicted molar refractivity (Wildman–Crippen MR) is 95.1 cm³/mol. The molecule has 31 heavy (non-hydrogen) atoms. The molecule has 15 nitrogen and oxygen atoms in total. The van der Waals surface area contributed by atoms with Crippen LogP contribution in [0.25, 0.3) is 0 Å². The number of alkyl halides is 1. The van der Waals surface area contributed by atoms with Crippen molar-refractivity contribution in [2.75, 3.05) is 6.61 Å². The van der Waals surface area contributed by atoms with Gasteiger partial charge in [0, 0.05) is 0 Å². The number of nitrogens with zero attached hydrogens (tertiary/aromatic N) is 1. The normalized spacial score (nSPS) is 30.6. The van der Waals surface area contributed by atoms with E-state index in [4.69, 9.17) is 31.6 Å². The van der Waals surface area contributed by atoms with Gasteiger partial charge in [-0.15, -0.1) is 0 Å². The van der Waals surface area contributed by atoms with Gasteiger partial charge in [0.1, 0.15) is 12.2 Å². The van der Waals surface area contributed by atoms with Crippen LogP contribution in [0.3, 0.4) is 0 Å². The second kappa shape index (κ2) is 8.91. The van der Waals surface area contributed by atoms with E-state index in [1.54, 1.807) is 0 Å². The molecule has 0 aromatic carbocycles. The first-order chi connectivity index (χ1) is 13.8. The number of hydrogen-bond acceptors (Lipinski definition) is 10. The smallest absolute Gasteiger partial charge is 0.387 e. The van der Waals surface area contributed by atoms with Crippen LogP contribution in [0.15, 0.2) is 11.0 Å². The van der Waals surface area contributed by atoms with Crippen LogP contribution >= 0.6 is 35.7 Å². The largest absolute Gasteiger partial charge is 0.490 e. The summed E-state index contributed by atoms with van der Waals surface area (Å²) in [5, 5.41) is 10.1. The van der Waals surface area contributed by atoms with Gasteiger partial charge in [0.2, 0.25) is 5.82 Å². The molecule has 1 aliphatic heterocycles. The first kappa shape index (κ1) is 26.5. The molecule has 1 fully saturated rings. The molecule has 2 rings (SSSR count). The summed E-state index contributed by atoms with van der Waals surface area (Å²) in [6.07, 6.45) is -5.21. The number of ether oxygens (including phenoxy) is 1. The Bertz CT molecular complexity index is 1100. The summed E-state index contributed by atoms with van der Waals surface area (Å²) in [6.45, 7) is -0.363. The van der Waals surface area contributed by atoms with Crippen LogP contribution in [0.5, 0.6) is 0 Å². The maximum atomic E-state index is 15.0. The molecule has 0 spiro atoms. The van der Waals surface area contributed by atoms with Crippen LogP contribution in [0.2, 0.25) is 0 Å². The summed E-state index contributed by atoms with van der Waals surface area (Å²) in [7, 11) is -17.0. The van der Waals surface area contributed by atoms with Gasteiger partial charge in [0.15, 0.2) is 16.7 Å². The maximum absolute atomic E-state index is 15.0. The predicted octanol–water partition coefficient (Wildman–Crippen LogP) is 0.375. The summed E-state index contributed by atoms with van der Waals surface area (Å²) >= 11 is 4.78. The van der Waals surface area contributed by atoms with Gasteiger partial charge in [0.05, 0.1) is 12.8 Å². The minimum Gasteiger partial charge on any atom is -0.387 e. The molecule has 1 aromatic rings. The third-order valence-electron chi connectivity index (χ3n) is 3.71. The molecule has 1 aromatic heterocycles. The standard InChI is InChI=1S/C10H15F2N2O13P3S/c1-10(12)6(15)5(25-8(10)14-2-4(11)7(16)13-9(14)31)3-24-29(20,21)27-30(22,23)26-28(17,18)19/h2,5-6,8,15H,3H2,1H3,(H,20,21)(H,22,23)(H,13,16,31)(H2,17,18,19)/t5-,6+,8-,10?/m1/s1. The topological polar surface area (TPSA) is 227 Å². The molecule has 6 N–H and O–H groups in total. The van der Waals surface area contributed by atoms with E-state index in [1.165, 1.54) is 0 Å². The van der Waals surface area contributed by atoms with E-state index in [9.17, 15) is 32.9 Å². The second-order valence-electron chi connectivity index (χ2n) is 6.15. The number of hydrogen-bond donors (Lipinski definition) is 6. The molecule has 21 heteroatoms. The zero-order chi connectivity index (χ0) is 24.0. The number of rotatable bonds is 8. The van der Waals surface area contributed by atoms with Gasteiger partial charge in [-0.2, -0.15) is 13.0 Å². The number of aromatic amines is 1. The highest BCUT2D eigenvalue weighted by molar-refractivity contribution is 7.71. The molecule has 0 aliphatic carbocycles. The Balaban J connectivity index is 2.17. The lowest BCUT2D eigenvalue weighted by Gasteiger charge is -2.25. The molecule has 1 saturated heterocycles. The summed E-state index contributed by atoms with van der Waals surface area (Å²) in [5.74, 6) is -1.36. The summed E-state index contributed by atoms with van der Waals surface area (Å²) < 4.78 is 78.7. The lowest BCUT2D eigenvalue weighted by atomic mass is 9.98. The minimum absolute atomic E-state index is 0.485. The lowest BCUT2D eigenvalue weighted by Crippen LogP contribution is -2.41. The number of aliphatic hydroxyl groups is 1. The second-order valence-corrected chi connectivity index (χ2v) is 11.0. The van der Waals surface area contributed by atoms with Crippen molar-refractivity contribution in [2.24, 2.45) is 0 Å². The molecular formula is C10H15F2N2O13P3S. The van der Waals surface area contributed by atoms with Crippen molar-refractivity contribution in [1.29, 1.82) is 0 Å². The number of phosphoric acid groups is 3. The van der Waals surface area contributed by atoms with Crippen LogP contribution in [-0.4, -0.2) is 58.7 Å². The molecule has 0 bridgehead atoms. The zero-order valence-corrected chi connectivity index (χ0v) is 18.5. The van der Waals surface area contributed by atoms with Crippen molar-refractivity contribution in [3.8, 4) is 0 Å². The van der Waals surface area contributed by atoms with E-state index >= 15 is 4.39 Å². The van der Waals surface area contributed by atoms with E-state index in [0.29, 0.717) is 10.8 Å². The average Bonchev–Trinajstić information content (AvgIpc) is 2.76. The fourth-order valence-corrected chi connectivity index (χ4v) is 5.73.